The van der Waals surface area contributed by atoms with E-state index in [1.54, 1.807) is 30.3 Å². The van der Waals surface area contributed by atoms with Crippen LogP contribution in [0.4, 0.5) is 0 Å². The van der Waals surface area contributed by atoms with Gasteiger partial charge in [0.05, 0.1) is 0 Å². The first kappa shape index (κ1) is 12.0. The van der Waals surface area contributed by atoms with Crippen LogP contribution in [-0.4, -0.2) is 36.9 Å². The van der Waals surface area contributed by atoms with Gasteiger partial charge in [-0.05, 0) is 5.56 Å². The van der Waals surface area contributed by atoms with Crippen molar-refractivity contribution < 1.29 is 18.3 Å². The third kappa shape index (κ3) is 2.31. The van der Waals surface area contributed by atoms with Gasteiger partial charge < -0.3 is 5.11 Å². The van der Waals surface area contributed by atoms with Crippen LogP contribution in [0.3, 0.4) is 0 Å². The highest BCUT2D eigenvalue weighted by atomic mass is 32.2. The second-order valence-electron chi connectivity index (χ2n) is 3.66. The Labute approximate surface area is 99.0 Å². The normalized spacial score (nSPS) is 21.2. The number of carbonyl (C=O) groups is 1. The second-order valence-corrected chi connectivity index (χ2v) is 5.37. The van der Waals surface area contributed by atoms with E-state index in [4.69, 9.17) is 0 Å². The van der Waals surface area contributed by atoms with E-state index in [0.717, 1.165) is 4.31 Å². The average molecular weight is 256 g/mol. The van der Waals surface area contributed by atoms with Gasteiger partial charge in [0.25, 0.3) is 10.2 Å². The zero-order valence-corrected chi connectivity index (χ0v) is 9.72. The van der Waals surface area contributed by atoms with Gasteiger partial charge in [-0.2, -0.15) is 12.7 Å². The van der Waals surface area contributed by atoms with E-state index >= 15 is 0 Å². The summed E-state index contributed by atoms with van der Waals surface area (Å²) in [5.74, 6) is -1.18. The Morgan fingerprint density at radius 1 is 1.35 bits per heavy atom. The lowest BCUT2D eigenvalue weighted by atomic mass is 10.1. The number of carboxylic acids is 1. The van der Waals surface area contributed by atoms with E-state index in [2.05, 4.69) is 4.72 Å². The molecule has 1 saturated heterocycles. The largest absolute Gasteiger partial charge is 0.480 e. The first-order valence-corrected chi connectivity index (χ1v) is 6.50. The summed E-state index contributed by atoms with van der Waals surface area (Å²) in [4.78, 5) is 11.2. The van der Waals surface area contributed by atoms with Crippen molar-refractivity contribution >= 4 is 16.2 Å². The van der Waals surface area contributed by atoms with Gasteiger partial charge in [0.15, 0.2) is 0 Å². The van der Waals surface area contributed by atoms with Crippen LogP contribution in [0, 0.1) is 0 Å². The molecule has 1 unspecified atom stereocenters. The molecule has 2 N–H and O–H groups in total. The first-order chi connectivity index (χ1) is 8.02. The van der Waals surface area contributed by atoms with Crippen LogP contribution in [0.15, 0.2) is 30.3 Å². The van der Waals surface area contributed by atoms with E-state index in [1.165, 1.54) is 0 Å². The Bertz CT molecular complexity index is 514. The number of benzene rings is 1. The fraction of sp³-hybridized carbons (Fsp3) is 0.300. The number of nitrogens with one attached hydrogen (secondary N) is 1. The molecule has 0 amide bonds. The maximum Gasteiger partial charge on any atom is 0.326 e. The topological polar surface area (TPSA) is 86.7 Å². The van der Waals surface area contributed by atoms with Gasteiger partial charge in [-0.1, -0.05) is 30.3 Å². The number of nitrogens with zero attached hydrogens (tertiary/aromatic N) is 1. The molecule has 1 aliphatic rings. The van der Waals surface area contributed by atoms with Crippen molar-refractivity contribution in [3.63, 3.8) is 0 Å². The molecule has 0 spiro atoms. The van der Waals surface area contributed by atoms with E-state index in [-0.39, 0.29) is 13.1 Å². The highest BCUT2D eigenvalue weighted by Crippen LogP contribution is 2.25. The van der Waals surface area contributed by atoms with Crippen molar-refractivity contribution in [2.45, 2.75) is 6.04 Å². The van der Waals surface area contributed by atoms with Crippen LogP contribution in [0.1, 0.15) is 11.6 Å². The number of hydrogen-bond donors (Lipinski definition) is 2. The summed E-state index contributed by atoms with van der Waals surface area (Å²) in [6.45, 7) is 0.396. The summed E-state index contributed by atoms with van der Waals surface area (Å²) in [6, 6.07) is 7.15. The Balaban J connectivity index is 2.41. The molecule has 0 aliphatic carbocycles. The summed E-state index contributed by atoms with van der Waals surface area (Å²) in [5.41, 5.74) is 0.451. The van der Waals surface area contributed by atoms with Crippen LogP contribution in [0.2, 0.25) is 0 Å². The van der Waals surface area contributed by atoms with Crippen LogP contribution in [0.5, 0.6) is 0 Å². The van der Waals surface area contributed by atoms with Gasteiger partial charge in [-0.15, -0.1) is 0 Å². The van der Waals surface area contributed by atoms with Gasteiger partial charge in [0, 0.05) is 13.1 Å². The smallest absolute Gasteiger partial charge is 0.326 e. The SMILES string of the molecule is O=C(O)C(c1ccccc1)N1CCNS1(=O)=O. The predicted molar refractivity (Wildman–Crippen MR) is 60.4 cm³/mol. The summed E-state index contributed by atoms with van der Waals surface area (Å²) in [7, 11) is -3.68. The minimum atomic E-state index is -3.68. The van der Waals surface area contributed by atoms with Crippen LogP contribution >= 0.6 is 0 Å². The molecule has 0 aromatic heterocycles. The zero-order valence-electron chi connectivity index (χ0n) is 8.91. The van der Waals surface area contributed by atoms with Crippen molar-refractivity contribution in [3.8, 4) is 0 Å². The molecule has 2 rings (SSSR count). The zero-order chi connectivity index (χ0) is 12.5. The third-order valence-corrected chi connectivity index (χ3v) is 4.14. The predicted octanol–water partition coefficient (Wildman–Crippen LogP) is -0.0377. The number of aliphatic carboxylic acids is 1. The molecular formula is C10H12N2O4S. The molecule has 1 atom stereocenters. The highest BCUT2D eigenvalue weighted by molar-refractivity contribution is 7.87. The van der Waals surface area contributed by atoms with Crippen molar-refractivity contribution in [3.05, 3.63) is 35.9 Å². The molecule has 0 saturated carbocycles. The molecule has 0 bridgehead atoms. The van der Waals surface area contributed by atoms with Gasteiger partial charge in [0.1, 0.15) is 6.04 Å². The second kappa shape index (κ2) is 4.44. The molecule has 1 fully saturated rings. The molecule has 92 valence electrons. The molecule has 6 nitrogen and oxygen atoms in total. The van der Waals surface area contributed by atoms with Crippen LogP contribution in [-0.2, 0) is 15.0 Å². The summed E-state index contributed by atoms with van der Waals surface area (Å²) in [6.07, 6.45) is 0. The van der Waals surface area contributed by atoms with E-state index in [0.29, 0.717) is 5.56 Å². The number of carboxylic acid groups (broad SMARTS) is 1. The average Bonchev–Trinajstić information content (AvgIpc) is 2.60. The number of hydrogen-bond acceptors (Lipinski definition) is 3. The molecule has 17 heavy (non-hydrogen) atoms. The lowest BCUT2D eigenvalue weighted by molar-refractivity contribution is -0.141. The van der Waals surface area contributed by atoms with Crippen molar-refractivity contribution in [2.24, 2.45) is 0 Å². The number of rotatable bonds is 3. The van der Waals surface area contributed by atoms with E-state index in [9.17, 15) is 18.3 Å². The fourth-order valence-electron chi connectivity index (χ4n) is 1.82. The Morgan fingerprint density at radius 2 is 2.00 bits per heavy atom. The third-order valence-electron chi connectivity index (χ3n) is 2.56. The molecule has 0 radical (unpaired) electrons. The van der Waals surface area contributed by atoms with Crippen LogP contribution in [0.25, 0.3) is 0 Å². The Hall–Kier alpha value is -1.44. The van der Waals surface area contributed by atoms with Gasteiger partial charge in [0.2, 0.25) is 0 Å². The van der Waals surface area contributed by atoms with Crippen molar-refractivity contribution in [1.29, 1.82) is 0 Å². The lowest BCUT2D eigenvalue weighted by Crippen LogP contribution is -2.37. The lowest BCUT2D eigenvalue weighted by Gasteiger charge is -2.22. The van der Waals surface area contributed by atoms with Crippen molar-refractivity contribution in [1.82, 2.24) is 9.03 Å². The highest BCUT2D eigenvalue weighted by Gasteiger charge is 2.39. The van der Waals surface area contributed by atoms with E-state index in [1.807, 2.05) is 0 Å². The molecule has 7 heteroatoms. The monoisotopic (exact) mass is 256 g/mol. The van der Waals surface area contributed by atoms with E-state index < -0.39 is 22.2 Å². The molecule has 1 aliphatic heterocycles. The summed E-state index contributed by atoms with van der Waals surface area (Å²) in [5, 5.41) is 9.19. The maximum atomic E-state index is 11.6. The molecular weight excluding hydrogens is 244 g/mol. The quantitative estimate of drug-likeness (QED) is 0.794. The Morgan fingerprint density at radius 3 is 2.47 bits per heavy atom. The maximum absolute atomic E-state index is 11.6. The summed E-state index contributed by atoms with van der Waals surface area (Å²) < 4.78 is 26.5. The Kier molecular flexibility index (Phi) is 3.14. The molecule has 1 aromatic rings. The van der Waals surface area contributed by atoms with Gasteiger partial charge in [-0.3, -0.25) is 4.79 Å². The van der Waals surface area contributed by atoms with Gasteiger partial charge >= 0.3 is 5.97 Å². The van der Waals surface area contributed by atoms with Crippen LogP contribution < -0.4 is 4.72 Å². The first-order valence-electron chi connectivity index (χ1n) is 5.06. The molecule has 1 aromatic carbocycles. The minimum Gasteiger partial charge on any atom is -0.480 e. The molecule has 1 heterocycles. The standard InChI is InChI=1S/C10H12N2O4S/c13-10(14)9(8-4-2-1-3-5-8)12-7-6-11-17(12,15)16/h1-5,9,11H,6-7H2,(H,13,14). The summed E-state index contributed by atoms with van der Waals surface area (Å²) >= 11 is 0. The van der Waals surface area contributed by atoms with Crippen molar-refractivity contribution in [2.75, 3.05) is 13.1 Å². The van der Waals surface area contributed by atoms with Gasteiger partial charge in [-0.25, -0.2) is 4.72 Å². The minimum absolute atomic E-state index is 0.161. The fourth-order valence-corrected chi connectivity index (χ4v) is 3.16.